The summed E-state index contributed by atoms with van der Waals surface area (Å²) in [5.74, 6) is -1.65. The lowest BCUT2D eigenvalue weighted by Crippen LogP contribution is -2.41. The molecule has 6 nitrogen and oxygen atoms in total. The summed E-state index contributed by atoms with van der Waals surface area (Å²) in [7, 11) is 0. The molecule has 0 aromatic heterocycles. The zero-order valence-electron chi connectivity index (χ0n) is 7.45. The molecule has 0 rings (SSSR count). The van der Waals surface area contributed by atoms with Crippen LogP contribution in [0.25, 0.3) is 0 Å². The van der Waals surface area contributed by atoms with Crippen LogP contribution in [-0.2, 0) is 14.4 Å². The molecule has 1 atom stereocenters. The van der Waals surface area contributed by atoms with E-state index in [-0.39, 0.29) is 0 Å². The lowest BCUT2D eigenvalue weighted by Gasteiger charge is -2.09. The van der Waals surface area contributed by atoms with Crippen LogP contribution in [0.2, 0.25) is 0 Å². The third kappa shape index (κ3) is 6.06. The fourth-order valence-corrected chi connectivity index (χ4v) is 0.687. The van der Waals surface area contributed by atoms with Crippen LogP contribution in [0.5, 0.6) is 0 Å². The van der Waals surface area contributed by atoms with Crippen molar-refractivity contribution in [2.24, 2.45) is 5.73 Å². The van der Waals surface area contributed by atoms with E-state index in [1.54, 1.807) is 0 Å². The molecule has 0 radical (unpaired) electrons. The maximum absolute atomic E-state index is 11.0. The first-order chi connectivity index (χ1) is 6.07. The van der Waals surface area contributed by atoms with Gasteiger partial charge in [0, 0.05) is 0 Å². The van der Waals surface area contributed by atoms with Crippen LogP contribution in [-0.4, -0.2) is 29.6 Å². The van der Waals surface area contributed by atoms with Gasteiger partial charge < -0.3 is 10.8 Å². The van der Waals surface area contributed by atoms with Gasteiger partial charge in [-0.25, -0.2) is 10.3 Å². The number of rotatable bonds is 6. The van der Waals surface area contributed by atoms with E-state index in [1.165, 1.54) is 0 Å². The number of nitrogens with two attached hydrogens (primary N) is 1. The Morgan fingerprint density at radius 1 is 1.62 bits per heavy atom. The number of hydrogen-bond donors (Lipinski definition) is 3. The Kier molecular flexibility index (Phi) is 5.82. The molecule has 76 valence electrons. The maximum atomic E-state index is 11.0. The Morgan fingerprint density at radius 2 is 2.23 bits per heavy atom. The molecule has 1 amide bonds. The summed E-state index contributed by atoms with van der Waals surface area (Å²) in [6.07, 6.45) is 1.33. The number of carbonyl (C=O) groups is 2. The van der Waals surface area contributed by atoms with E-state index < -0.39 is 24.5 Å². The number of carboxylic acid groups (broad SMARTS) is 1. The largest absolute Gasteiger partial charge is 0.479 e. The number of nitrogens with one attached hydrogen (secondary N) is 1. The second kappa shape index (κ2) is 6.38. The number of amides is 1. The van der Waals surface area contributed by atoms with E-state index in [1.807, 2.05) is 12.4 Å². The fraction of sp³-hybridized carbons (Fsp3) is 0.714. The van der Waals surface area contributed by atoms with Crippen LogP contribution in [0.1, 0.15) is 19.8 Å². The van der Waals surface area contributed by atoms with Crippen molar-refractivity contribution in [2.45, 2.75) is 25.8 Å². The molecule has 0 aliphatic rings. The van der Waals surface area contributed by atoms with Gasteiger partial charge in [-0.15, -0.1) is 0 Å². The van der Waals surface area contributed by atoms with E-state index in [2.05, 4.69) is 4.84 Å². The van der Waals surface area contributed by atoms with E-state index in [0.717, 1.165) is 6.42 Å². The lowest BCUT2D eigenvalue weighted by atomic mass is 10.2. The zero-order valence-corrected chi connectivity index (χ0v) is 7.45. The van der Waals surface area contributed by atoms with E-state index in [9.17, 15) is 9.59 Å². The van der Waals surface area contributed by atoms with Gasteiger partial charge in [0.05, 0.1) is 6.04 Å². The molecule has 0 fully saturated rings. The highest BCUT2D eigenvalue weighted by molar-refractivity contribution is 5.80. The highest BCUT2D eigenvalue weighted by atomic mass is 16.7. The summed E-state index contributed by atoms with van der Waals surface area (Å²) < 4.78 is 0. The molecule has 4 N–H and O–H groups in total. The normalized spacial score (nSPS) is 12.2. The van der Waals surface area contributed by atoms with Crippen LogP contribution < -0.4 is 11.2 Å². The van der Waals surface area contributed by atoms with Crippen molar-refractivity contribution in [1.29, 1.82) is 0 Å². The molecule has 0 aromatic rings. The van der Waals surface area contributed by atoms with E-state index >= 15 is 0 Å². The molecule has 0 saturated carbocycles. The number of hydroxylamine groups is 1. The summed E-state index contributed by atoms with van der Waals surface area (Å²) in [6.45, 7) is 1.33. The molecule has 13 heavy (non-hydrogen) atoms. The molecule has 0 aromatic carbocycles. The van der Waals surface area contributed by atoms with Crippen molar-refractivity contribution in [2.75, 3.05) is 6.61 Å². The second-order valence-corrected chi connectivity index (χ2v) is 2.54. The van der Waals surface area contributed by atoms with Crippen molar-refractivity contribution in [3.63, 3.8) is 0 Å². The average molecular weight is 190 g/mol. The predicted molar refractivity (Wildman–Crippen MR) is 44.6 cm³/mol. The number of aliphatic carboxylic acids is 1. The number of carbonyl (C=O) groups excluding carboxylic acids is 1. The van der Waals surface area contributed by atoms with Crippen LogP contribution >= 0.6 is 0 Å². The number of hydrogen-bond acceptors (Lipinski definition) is 4. The quantitative estimate of drug-likeness (QED) is 0.478. The summed E-state index contributed by atoms with van der Waals surface area (Å²) >= 11 is 0. The Balaban J connectivity index is 3.55. The predicted octanol–water partition coefficient (Wildman–Crippen LogP) is -0.754. The van der Waals surface area contributed by atoms with Crippen molar-refractivity contribution < 1.29 is 19.5 Å². The highest BCUT2D eigenvalue weighted by Gasteiger charge is 2.12. The third-order valence-electron chi connectivity index (χ3n) is 1.30. The molecule has 1 unspecified atom stereocenters. The highest BCUT2D eigenvalue weighted by Crippen LogP contribution is 1.92. The summed E-state index contributed by atoms with van der Waals surface area (Å²) in [5, 5.41) is 8.16. The van der Waals surface area contributed by atoms with Gasteiger partial charge in [0.25, 0.3) is 5.91 Å². The topological polar surface area (TPSA) is 102 Å². The Hall–Kier alpha value is -1.14. The fourth-order valence-electron chi connectivity index (χ4n) is 0.687. The maximum Gasteiger partial charge on any atom is 0.332 e. The summed E-state index contributed by atoms with van der Waals surface area (Å²) in [5.41, 5.74) is 7.36. The Morgan fingerprint density at radius 3 is 2.69 bits per heavy atom. The van der Waals surface area contributed by atoms with Gasteiger partial charge in [-0.2, -0.15) is 0 Å². The van der Waals surface area contributed by atoms with Crippen LogP contribution in [0.4, 0.5) is 0 Å². The number of carboxylic acids is 1. The van der Waals surface area contributed by atoms with Crippen LogP contribution in [0.3, 0.4) is 0 Å². The molecule has 0 aliphatic heterocycles. The van der Waals surface area contributed by atoms with Gasteiger partial charge in [-0.3, -0.25) is 9.63 Å². The van der Waals surface area contributed by atoms with Crippen molar-refractivity contribution in [1.82, 2.24) is 5.48 Å². The SMILES string of the molecule is CCCC(N)C(=O)NOCC(=O)O. The first-order valence-electron chi connectivity index (χ1n) is 3.97. The smallest absolute Gasteiger partial charge is 0.332 e. The van der Waals surface area contributed by atoms with Gasteiger partial charge in [-0.1, -0.05) is 13.3 Å². The van der Waals surface area contributed by atoms with Gasteiger partial charge in [0.1, 0.15) is 0 Å². The van der Waals surface area contributed by atoms with Crippen molar-refractivity contribution in [3.05, 3.63) is 0 Å². The minimum atomic E-state index is -1.15. The summed E-state index contributed by atoms with van der Waals surface area (Å²) in [4.78, 5) is 25.3. The lowest BCUT2D eigenvalue weighted by molar-refractivity contribution is -0.149. The monoisotopic (exact) mass is 190 g/mol. The van der Waals surface area contributed by atoms with Gasteiger partial charge >= 0.3 is 5.97 Å². The molecule has 0 aliphatic carbocycles. The van der Waals surface area contributed by atoms with Gasteiger partial charge in [-0.05, 0) is 6.42 Å². The minimum absolute atomic E-state index is 0.497. The Bertz CT molecular complexity index is 183. The molecule has 0 bridgehead atoms. The first-order valence-corrected chi connectivity index (χ1v) is 3.97. The van der Waals surface area contributed by atoms with Crippen LogP contribution in [0.15, 0.2) is 0 Å². The van der Waals surface area contributed by atoms with E-state index in [4.69, 9.17) is 10.8 Å². The molecule has 6 heteroatoms. The second-order valence-electron chi connectivity index (χ2n) is 2.54. The Labute approximate surface area is 76.0 Å². The van der Waals surface area contributed by atoms with Crippen molar-refractivity contribution >= 4 is 11.9 Å². The standard InChI is InChI=1S/C7H14N2O4/c1-2-3-5(8)7(12)9-13-4-6(10)11/h5H,2-4,8H2,1H3,(H,9,12)(H,10,11). The molecule has 0 saturated heterocycles. The first kappa shape index (κ1) is 11.9. The summed E-state index contributed by atoms with van der Waals surface area (Å²) in [6, 6.07) is -0.640. The average Bonchev–Trinajstić information content (AvgIpc) is 2.04. The van der Waals surface area contributed by atoms with Crippen LogP contribution in [0, 0.1) is 0 Å². The molecule has 0 spiro atoms. The van der Waals surface area contributed by atoms with E-state index in [0.29, 0.717) is 6.42 Å². The van der Waals surface area contributed by atoms with Crippen molar-refractivity contribution in [3.8, 4) is 0 Å². The molecular weight excluding hydrogens is 176 g/mol. The molecular formula is C7H14N2O4. The zero-order chi connectivity index (χ0) is 10.3. The van der Waals surface area contributed by atoms with Gasteiger partial charge in [0.15, 0.2) is 6.61 Å². The molecule has 0 heterocycles. The minimum Gasteiger partial charge on any atom is -0.479 e. The van der Waals surface area contributed by atoms with Gasteiger partial charge in [0.2, 0.25) is 0 Å². The third-order valence-corrected chi connectivity index (χ3v) is 1.30.